The molecule has 2 aromatic carbocycles. The van der Waals surface area contributed by atoms with Crippen molar-refractivity contribution in [1.82, 2.24) is 4.90 Å². The van der Waals surface area contributed by atoms with Crippen LogP contribution < -0.4 is 4.90 Å². The van der Waals surface area contributed by atoms with Crippen molar-refractivity contribution in [3.8, 4) is 5.75 Å². The number of aromatic hydroxyl groups is 1. The topological polar surface area (TPSA) is 112 Å². The molecule has 1 N–H and O–H groups in total. The second kappa shape index (κ2) is 9.47. The Labute approximate surface area is 252 Å². The molecule has 8 nitrogen and oxygen atoms in total. The number of para-hydroxylation sites is 1. The number of alkyl halides is 3. The van der Waals surface area contributed by atoms with E-state index in [4.69, 9.17) is 23.2 Å². The molecule has 0 radical (unpaired) electrons. The van der Waals surface area contributed by atoms with Crippen LogP contribution in [0.25, 0.3) is 0 Å². The Morgan fingerprint density at radius 2 is 1.73 bits per heavy atom. The number of rotatable bonds is 4. The van der Waals surface area contributed by atoms with Gasteiger partial charge in [0.15, 0.2) is 27.1 Å². The number of nitrogens with zero attached hydrogens (tertiary/aromatic N) is 2. The first-order valence-electron chi connectivity index (χ1n) is 12.8. The van der Waals surface area contributed by atoms with Gasteiger partial charge < -0.3 is 5.11 Å². The first-order valence-corrected chi connectivity index (χ1v) is 14.7. The van der Waals surface area contributed by atoms with Crippen LogP contribution in [-0.4, -0.2) is 54.6 Å². The number of carbonyl (C=O) groups excluding carboxylic acids is 5. The summed E-state index contributed by atoms with van der Waals surface area (Å²) in [4.78, 5) is 64.4. The van der Waals surface area contributed by atoms with Crippen LogP contribution in [0.4, 0.5) is 10.1 Å². The fourth-order valence-electron chi connectivity index (χ4n) is 6.96. The van der Waals surface area contributed by atoms with Gasteiger partial charge in [-0.1, -0.05) is 39.7 Å². The standard InChI is InChI=1S/C29H22BrCl2FN2O6/c1-13(36)14-5-7-15(8-6-14)35-24(38)17-10-9-16-19(21(17)25(35)39)11-28(31)26(40)34(12-30)27(41)29(28,32)22(16)18-3-2-4-20(33)23(18)37/h2-9,17,19,21-22,37H,10-12H2,1H3/t17-,19+,21-,22+,28+,29-/m0/s1. The molecule has 4 aliphatic rings. The van der Waals surface area contributed by atoms with Gasteiger partial charge in [-0.05, 0) is 56.0 Å². The Balaban J connectivity index is 1.50. The van der Waals surface area contributed by atoms with Gasteiger partial charge in [-0.25, -0.2) is 4.39 Å². The number of hydrogen-bond donors (Lipinski definition) is 1. The van der Waals surface area contributed by atoms with Crippen LogP contribution in [0.5, 0.6) is 5.75 Å². The van der Waals surface area contributed by atoms with E-state index >= 15 is 0 Å². The highest BCUT2D eigenvalue weighted by molar-refractivity contribution is 9.09. The first kappa shape index (κ1) is 28.1. The quantitative estimate of drug-likeness (QED) is 0.168. The molecule has 0 unspecified atom stereocenters. The van der Waals surface area contributed by atoms with E-state index < -0.39 is 68.6 Å². The summed E-state index contributed by atoms with van der Waals surface area (Å²) in [5.74, 6) is -8.28. The fourth-order valence-corrected chi connectivity index (χ4v) is 8.38. The number of benzene rings is 2. The van der Waals surface area contributed by atoms with Crippen LogP contribution in [0.1, 0.15) is 41.6 Å². The molecule has 4 amide bonds. The molecule has 41 heavy (non-hydrogen) atoms. The number of likely N-dealkylation sites (tertiary alicyclic amines) is 1. The molecule has 2 aliphatic carbocycles. The SMILES string of the molecule is CC(=O)c1ccc(N2C(=O)[C@H]3[C@H](CC=C4[C@H]3C[C@@]3(Cl)C(=O)N(CBr)C(=O)[C@@]3(Cl)[C@H]4c3cccc(F)c3O)C2=O)cc1. The summed E-state index contributed by atoms with van der Waals surface area (Å²) in [7, 11) is 0. The minimum atomic E-state index is -2.15. The summed E-state index contributed by atoms with van der Waals surface area (Å²) in [5, 5.41) is 10.8. The van der Waals surface area contributed by atoms with Crippen molar-refractivity contribution in [3.63, 3.8) is 0 Å². The summed E-state index contributed by atoms with van der Waals surface area (Å²) in [6, 6.07) is 9.88. The zero-order valence-electron chi connectivity index (χ0n) is 21.4. The number of halogens is 4. The number of phenolic OH excluding ortho intramolecular Hbond substituents is 1. The monoisotopic (exact) mass is 662 g/mol. The van der Waals surface area contributed by atoms with E-state index in [-0.39, 0.29) is 29.6 Å². The maximum Gasteiger partial charge on any atom is 0.254 e. The normalized spacial score (nSPS) is 32.6. The summed E-state index contributed by atoms with van der Waals surface area (Å²) in [6.45, 7) is 1.41. The van der Waals surface area contributed by atoms with Crippen LogP contribution in [0.2, 0.25) is 0 Å². The van der Waals surface area contributed by atoms with Crippen LogP contribution in [0.15, 0.2) is 54.1 Å². The molecule has 0 bridgehead atoms. The van der Waals surface area contributed by atoms with Crippen molar-refractivity contribution in [2.24, 2.45) is 17.8 Å². The minimum Gasteiger partial charge on any atom is -0.505 e. The number of phenols is 1. The number of carbonyl (C=O) groups is 5. The van der Waals surface area contributed by atoms with Crippen molar-refractivity contribution in [1.29, 1.82) is 0 Å². The van der Waals surface area contributed by atoms with Gasteiger partial charge in [0.05, 0.1) is 23.0 Å². The van der Waals surface area contributed by atoms with E-state index in [1.807, 2.05) is 0 Å². The van der Waals surface area contributed by atoms with Gasteiger partial charge in [0.25, 0.3) is 11.8 Å². The number of imide groups is 2. The molecule has 2 aliphatic heterocycles. The predicted molar refractivity (Wildman–Crippen MR) is 150 cm³/mol. The van der Waals surface area contributed by atoms with Crippen molar-refractivity contribution in [2.45, 2.75) is 35.4 Å². The fraction of sp³-hybridized carbons (Fsp3) is 0.345. The lowest BCUT2D eigenvalue weighted by Crippen LogP contribution is -2.60. The molecule has 6 rings (SSSR count). The van der Waals surface area contributed by atoms with Gasteiger partial charge in [0, 0.05) is 17.0 Å². The molecule has 2 heterocycles. The number of ketones is 1. The highest BCUT2D eigenvalue weighted by Gasteiger charge is 2.76. The third-order valence-corrected chi connectivity index (χ3v) is 10.8. The molecule has 0 aromatic heterocycles. The number of hydrogen-bond acceptors (Lipinski definition) is 6. The Hall–Kier alpha value is -3.08. The van der Waals surface area contributed by atoms with Crippen molar-refractivity contribution in [3.05, 3.63) is 71.1 Å². The second-order valence-electron chi connectivity index (χ2n) is 10.8. The van der Waals surface area contributed by atoms with E-state index in [1.54, 1.807) is 6.08 Å². The van der Waals surface area contributed by atoms with Crippen LogP contribution in [0.3, 0.4) is 0 Å². The van der Waals surface area contributed by atoms with E-state index in [2.05, 4.69) is 15.9 Å². The lowest BCUT2D eigenvalue weighted by Gasteiger charge is -2.50. The molecule has 12 heteroatoms. The van der Waals surface area contributed by atoms with Crippen LogP contribution >= 0.6 is 39.1 Å². The Morgan fingerprint density at radius 3 is 2.37 bits per heavy atom. The summed E-state index contributed by atoms with van der Waals surface area (Å²) >= 11 is 17.3. The number of anilines is 1. The maximum atomic E-state index is 14.6. The van der Waals surface area contributed by atoms with Gasteiger partial charge in [0.1, 0.15) is 0 Å². The number of amides is 4. The Morgan fingerprint density at radius 1 is 1.05 bits per heavy atom. The summed E-state index contributed by atoms with van der Waals surface area (Å²) in [6.07, 6.45) is 1.58. The predicted octanol–water partition coefficient (Wildman–Crippen LogP) is 4.65. The molecular weight excluding hydrogens is 642 g/mol. The molecule has 2 saturated heterocycles. The highest BCUT2D eigenvalue weighted by Crippen LogP contribution is 2.66. The molecule has 3 fully saturated rings. The lowest BCUT2D eigenvalue weighted by atomic mass is 9.56. The van der Waals surface area contributed by atoms with E-state index in [9.17, 15) is 33.5 Å². The van der Waals surface area contributed by atoms with Crippen molar-refractivity contribution in [2.75, 3.05) is 10.4 Å². The Bertz CT molecular complexity index is 1600. The average molecular weight is 664 g/mol. The summed E-state index contributed by atoms with van der Waals surface area (Å²) < 4.78 is 14.6. The zero-order valence-corrected chi connectivity index (χ0v) is 24.5. The average Bonchev–Trinajstić information content (AvgIpc) is 3.28. The first-order chi connectivity index (χ1) is 19.4. The van der Waals surface area contributed by atoms with Gasteiger partial charge in [-0.15, -0.1) is 23.2 Å². The van der Waals surface area contributed by atoms with Gasteiger partial charge in [-0.2, -0.15) is 0 Å². The van der Waals surface area contributed by atoms with Gasteiger partial charge >= 0.3 is 0 Å². The molecule has 2 aromatic rings. The van der Waals surface area contributed by atoms with Crippen molar-refractivity contribution >= 4 is 74.2 Å². The molecule has 212 valence electrons. The molecule has 0 spiro atoms. The molecule has 6 atom stereocenters. The zero-order chi connectivity index (χ0) is 29.6. The van der Waals surface area contributed by atoms with E-state index in [0.717, 1.165) is 15.9 Å². The number of allylic oxidation sites excluding steroid dienone is 2. The third kappa shape index (κ3) is 3.59. The largest absolute Gasteiger partial charge is 0.505 e. The van der Waals surface area contributed by atoms with Crippen LogP contribution in [0, 0.1) is 23.6 Å². The number of fused-ring (bicyclic) bond motifs is 4. The smallest absolute Gasteiger partial charge is 0.254 e. The van der Waals surface area contributed by atoms with E-state index in [1.165, 1.54) is 43.3 Å². The van der Waals surface area contributed by atoms with Crippen LogP contribution in [-0.2, 0) is 19.2 Å². The molecule has 1 saturated carbocycles. The highest BCUT2D eigenvalue weighted by atomic mass is 79.9. The molecular formula is C29H22BrCl2FN2O6. The van der Waals surface area contributed by atoms with Gasteiger partial charge in [-0.3, -0.25) is 33.8 Å². The van der Waals surface area contributed by atoms with E-state index in [0.29, 0.717) is 16.8 Å². The third-order valence-electron chi connectivity index (χ3n) is 8.88. The maximum absolute atomic E-state index is 14.6. The minimum absolute atomic E-state index is 0.0505. The van der Waals surface area contributed by atoms with Gasteiger partial charge in [0.2, 0.25) is 11.8 Å². The lowest BCUT2D eigenvalue weighted by molar-refractivity contribution is -0.138. The van der Waals surface area contributed by atoms with Crippen molar-refractivity contribution < 1.29 is 33.5 Å². The Kier molecular flexibility index (Phi) is 6.48. The second-order valence-corrected chi connectivity index (χ2v) is 12.5. The number of Topliss-reactive ketones (excluding diaryl/α,β-unsaturated/α-hetero) is 1. The summed E-state index contributed by atoms with van der Waals surface area (Å²) in [5.41, 5.74) is 0.895.